The SMILES string of the molecule is CCCCCC1CCC(c2cc(F)c(-c3ccc(OC(F)(F)C(F)C(F)(F)F)cc3)c(F)c2)CC1. The average molecular weight is 508 g/mol. The van der Waals surface area contributed by atoms with Gasteiger partial charge in [0.1, 0.15) is 17.4 Å². The Kier molecular flexibility index (Phi) is 8.70. The van der Waals surface area contributed by atoms with Crippen LogP contribution >= 0.6 is 0 Å². The summed E-state index contributed by atoms with van der Waals surface area (Å²) in [4.78, 5) is 0. The Balaban J connectivity index is 1.69. The van der Waals surface area contributed by atoms with Gasteiger partial charge in [0.05, 0.1) is 5.56 Å². The van der Waals surface area contributed by atoms with Crippen molar-refractivity contribution in [3.63, 3.8) is 0 Å². The van der Waals surface area contributed by atoms with Gasteiger partial charge < -0.3 is 4.74 Å². The fourth-order valence-corrected chi connectivity index (χ4v) is 4.66. The second-order valence-corrected chi connectivity index (χ2v) is 9.17. The molecule has 1 saturated carbocycles. The summed E-state index contributed by atoms with van der Waals surface area (Å²) in [6.45, 7) is 2.16. The summed E-state index contributed by atoms with van der Waals surface area (Å²) in [6, 6.07) is 6.20. The Labute approximate surface area is 199 Å². The predicted molar refractivity (Wildman–Crippen MR) is 117 cm³/mol. The van der Waals surface area contributed by atoms with Crippen molar-refractivity contribution in [1.82, 2.24) is 0 Å². The van der Waals surface area contributed by atoms with Gasteiger partial charge in [0, 0.05) is 0 Å². The molecule has 3 rings (SSSR count). The molecule has 0 aliphatic heterocycles. The Bertz CT molecular complexity index is 939. The Hall–Kier alpha value is -2.32. The van der Waals surface area contributed by atoms with Gasteiger partial charge in [-0.3, -0.25) is 0 Å². The first kappa shape index (κ1) is 27.3. The van der Waals surface area contributed by atoms with Crippen LogP contribution in [0.25, 0.3) is 11.1 Å². The van der Waals surface area contributed by atoms with Crippen molar-refractivity contribution in [2.75, 3.05) is 0 Å². The van der Waals surface area contributed by atoms with E-state index in [1.165, 1.54) is 37.8 Å². The number of ether oxygens (including phenoxy) is 1. The van der Waals surface area contributed by atoms with Crippen molar-refractivity contribution >= 4 is 0 Å². The zero-order chi connectivity index (χ0) is 25.8. The molecule has 9 heteroatoms. The molecule has 0 spiro atoms. The van der Waals surface area contributed by atoms with E-state index in [-0.39, 0.29) is 17.0 Å². The van der Waals surface area contributed by atoms with E-state index in [0.29, 0.717) is 11.5 Å². The summed E-state index contributed by atoms with van der Waals surface area (Å²) in [5.74, 6) is -1.74. The van der Waals surface area contributed by atoms with Crippen molar-refractivity contribution < 1.29 is 39.9 Å². The van der Waals surface area contributed by atoms with Gasteiger partial charge in [-0.25, -0.2) is 13.2 Å². The van der Waals surface area contributed by atoms with Crippen LogP contribution in [0.5, 0.6) is 5.75 Å². The second-order valence-electron chi connectivity index (χ2n) is 9.17. The summed E-state index contributed by atoms with van der Waals surface area (Å²) in [7, 11) is 0. The molecule has 0 radical (unpaired) electrons. The lowest BCUT2D eigenvalue weighted by Gasteiger charge is -2.29. The molecular weight excluding hydrogens is 480 g/mol. The monoisotopic (exact) mass is 508 g/mol. The first-order valence-electron chi connectivity index (χ1n) is 11.8. The van der Waals surface area contributed by atoms with Crippen molar-refractivity contribution in [1.29, 1.82) is 0 Å². The Morgan fingerprint density at radius 3 is 1.97 bits per heavy atom. The largest absolute Gasteiger partial charge is 0.439 e. The third kappa shape index (κ3) is 6.88. The third-order valence-corrected chi connectivity index (χ3v) is 6.58. The normalized spacial score (nSPS) is 20.0. The average Bonchev–Trinajstić information content (AvgIpc) is 2.79. The second kappa shape index (κ2) is 11.2. The van der Waals surface area contributed by atoms with Gasteiger partial charge in [-0.1, -0.05) is 44.7 Å². The highest BCUT2D eigenvalue weighted by molar-refractivity contribution is 5.66. The van der Waals surface area contributed by atoms with E-state index in [2.05, 4.69) is 11.7 Å². The summed E-state index contributed by atoms with van der Waals surface area (Å²) >= 11 is 0. The van der Waals surface area contributed by atoms with Crippen LogP contribution in [-0.2, 0) is 0 Å². The van der Waals surface area contributed by atoms with Gasteiger partial charge in [-0.15, -0.1) is 0 Å². The standard InChI is InChI=1S/C26H28F8O/c1-2-3-4-5-16-6-8-17(9-7-16)19-14-21(27)23(22(28)15-19)18-10-12-20(13-11-18)35-26(33,34)24(29)25(30,31)32/h10-17,24H,2-9H2,1H3. The molecule has 1 unspecified atom stereocenters. The molecule has 2 aromatic rings. The predicted octanol–water partition coefficient (Wildman–Crippen LogP) is 9.36. The molecule has 1 atom stereocenters. The van der Waals surface area contributed by atoms with Crippen molar-refractivity contribution in [2.24, 2.45) is 5.92 Å². The van der Waals surface area contributed by atoms with Gasteiger partial charge in [0.25, 0.3) is 6.17 Å². The van der Waals surface area contributed by atoms with E-state index in [1.54, 1.807) is 0 Å². The molecule has 1 aliphatic rings. The maximum Gasteiger partial charge on any atom is 0.439 e. The van der Waals surface area contributed by atoms with E-state index in [1.807, 2.05) is 0 Å². The molecule has 0 saturated heterocycles. The number of hydrogen-bond donors (Lipinski definition) is 0. The molecule has 2 aromatic carbocycles. The molecule has 0 heterocycles. The van der Waals surface area contributed by atoms with Crippen LogP contribution in [0.1, 0.15) is 69.8 Å². The number of alkyl halides is 6. The maximum atomic E-state index is 14.9. The molecule has 1 aliphatic carbocycles. The number of hydrogen-bond acceptors (Lipinski definition) is 1. The van der Waals surface area contributed by atoms with Gasteiger partial charge in [0.2, 0.25) is 0 Å². The molecule has 0 aromatic heterocycles. The molecule has 1 fully saturated rings. The van der Waals surface area contributed by atoms with Crippen molar-refractivity contribution in [3.8, 4) is 16.9 Å². The van der Waals surface area contributed by atoms with Gasteiger partial charge in [0.15, 0.2) is 0 Å². The number of halogens is 8. The smallest absolute Gasteiger partial charge is 0.430 e. The van der Waals surface area contributed by atoms with E-state index >= 15 is 0 Å². The number of unbranched alkanes of at least 4 members (excludes halogenated alkanes) is 2. The van der Waals surface area contributed by atoms with E-state index in [9.17, 15) is 35.1 Å². The number of rotatable bonds is 9. The van der Waals surface area contributed by atoms with Gasteiger partial charge in [-0.05, 0) is 72.9 Å². The first-order chi connectivity index (χ1) is 16.4. The van der Waals surface area contributed by atoms with E-state index < -0.39 is 35.8 Å². The lowest BCUT2D eigenvalue weighted by molar-refractivity contribution is -0.304. The summed E-state index contributed by atoms with van der Waals surface area (Å²) < 4.78 is 110. The zero-order valence-corrected chi connectivity index (χ0v) is 19.3. The van der Waals surface area contributed by atoms with Crippen LogP contribution in [0.15, 0.2) is 36.4 Å². The van der Waals surface area contributed by atoms with Crippen LogP contribution in [0.3, 0.4) is 0 Å². The molecule has 194 valence electrons. The summed E-state index contributed by atoms with van der Waals surface area (Å²) in [6.07, 6.45) is -7.03. The highest BCUT2D eigenvalue weighted by Gasteiger charge is 2.59. The number of benzene rings is 2. The molecule has 0 bridgehead atoms. The Morgan fingerprint density at radius 2 is 1.46 bits per heavy atom. The van der Waals surface area contributed by atoms with Crippen LogP contribution in [0.4, 0.5) is 35.1 Å². The van der Waals surface area contributed by atoms with Crippen molar-refractivity contribution in [3.05, 3.63) is 53.6 Å². The quantitative estimate of drug-likeness (QED) is 0.242. The van der Waals surface area contributed by atoms with Gasteiger partial charge in [-0.2, -0.15) is 22.0 Å². The molecule has 1 nitrogen and oxygen atoms in total. The highest BCUT2D eigenvalue weighted by atomic mass is 19.4. The van der Waals surface area contributed by atoms with Crippen molar-refractivity contribution in [2.45, 2.75) is 82.7 Å². The molecule has 35 heavy (non-hydrogen) atoms. The minimum Gasteiger partial charge on any atom is -0.430 e. The third-order valence-electron chi connectivity index (χ3n) is 6.58. The van der Waals surface area contributed by atoms with Crippen LogP contribution in [-0.4, -0.2) is 18.5 Å². The van der Waals surface area contributed by atoms with Crippen LogP contribution in [0.2, 0.25) is 0 Å². The maximum absolute atomic E-state index is 14.9. The van der Waals surface area contributed by atoms with Gasteiger partial charge >= 0.3 is 12.3 Å². The minimum absolute atomic E-state index is 0.0190. The molecule has 0 amide bonds. The fraction of sp³-hybridized carbons (Fsp3) is 0.538. The fourth-order valence-electron chi connectivity index (χ4n) is 4.66. The molecular formula is C26H28F8O. The Morgan fingerprint density at radius 1 is 0.886 bits per heavy atom. The lowest BCUT2D eigenvalue weighted by atomic mass is 9.77. The lowest BCUT2D eigenvalue weighted by Crippen LogP contribution is -2.45. The summed E-state index contributed by atoms with van der Waals surface area (Å²) in [5.41, 5.74) is 0.157. The van der Waals surface area contributed by atoms with Crippen LogP contribution in [0, 0.1) is 17.6 Å². The minimum atomic E-state index is -5.81. The zero-order valence-electron chi connectivity index (χ0n) is 19.3. The van der Waals surface area contributed by atoms with Crippen LogP contribution < -0.4 is 4.74 Å². The highest BCUT2D eigenvalue weighted by Crippen LogP contribution is 2.40. The topological polar surface area (TPSA) is 9.23 Å². The van der Waals surface area contributed by atoms with E-state index in [4.69, 9.17) is 0 Å². The first-order valence-corrected chi connectivity index (χ1v) is 11.8. The summed E-state index contributed by atoms with van der Waals surface area (Å²) in [5, 5.41) is 0. The molecule has 0 N–H and O–H groups in total. The van der Waals surface area contributed by atoms with E-state index in [0.717, 1.165) is 49.9 Å².